The van der Waals surface area contributed by atoms with Crippen molar-refractivity contribution in [3.8, 4) is 0 Å². The van der Waals surface area contributed by atoms with Crippen LogP contribution in [0.4, 0.5) is 0 Å². The molecule has 4 rings (SSSR count). The maximum Gasteiger partial charge on any atom is 0.243 e. The molecule has 198 valence electrons. The van der Waals surface area contributed by atoms with Gasteiger partial charge in [0.05, 0.1) is 18.5 Å². The molecule has 0 saturated carbocycles. The fraction of sp³-hybridized carbons (Fsp3) is 0.310. The van der Waals surface area contributed by atoms with E-state index in [-0.39, 0.29) is 24.4 Å². The van der Waals surface area contributed by atoms with Gasteiger partial charge in [-0.2, -0.15) is 5.10 Å². The number of amides is 2. The predicted octanol–water partition coefficient (Wildman–Crippen LogP) is 2.10. The summed E-state index contributed by atoms with van der Waals surface area (Å²) in [6, 6.07) is 22.9. The second kappa shape index (κ2) is 14.0. The number of likely N-dealkylation sites (tertiary alicyclic amines) is 1. The highest BCUT2D eigenvalue weighted by atomic mass is 16.2. The van der Waals surface area contributed by atoms with Crippen molar-refractivity contribution in [1.29, 1.82) is 0 Å². The third kappa shape index (κ3) is 8.22. The minimum absolute atomic E-state index is 0.0821. The van der Waals surface area contributed by atoms with Crippen molar-refractivity contribution in [2.45, 2.75) is 38.0 Å². The lowest BCUT2D eigenvalue weighted by molar-refractivity contribution is -0.128. The zero-order chi connectivity index (χ0) is 26.6. The number of pyridine rings is 1. The summed E-state index contributed by atoms with van der Waals surface area (Å²) in [7, 11) is 0. The van der Waals surface area contributed by atoms with Crippen LogP contribution in [-0.2, 0) is 22.7 Å². The van der Waals surface area contributed by atoms with E-state index in [1.54, 1.807) is 24.5 Å². The first-order valence-corrected chi connectivity index (χ1v) is 12.9. The first kappa shape index (κ1) is 27.0. The van der Waals surface area contributed by atoms with Crippen molar-refractivity contribution in [2.75, 3.05) is 19.6 Å². The number of nitrogens with two attached hydrogens (primary N) is 1. The third-order valence-corrected chi connectivity index (χ3v) is 6.58. The lowest BCUT2D eigenvalue weighted by Gasteiger charge is -2.32. The summed E-state index contributed by atoms with van der Waals surface area (Å²) in [6.07, 6.45) is 5.00. The van der Waals surface area contributed by atoms with Gasteiger partial charge in [0, 0.05) is 38.4 Å². The van der Waals surface area contributed by atoms with Crippen molar-refractivity contribution in [3.05, 3.63) is 101 Å². The van der Waals surface area contributed by atoms with Gasteiger partial charge in [0.1, 0.15) is 6.04 Å². The summed E-state index contributed by atoms with van der Waals surface area (Å²) in [4.78, 5) is 32.5. The first-order chi connectivity index (χ1) is 18.6. The molecule has 0 spiro atoms. The number of hydrogen-bond acceptors (Lipinski definition) is 7. The molecule has 38 heavy (non-hydrogen) atoms. The maximum absolute atomic E-state index is 13.1. The lowest BCUT2D eigenvalue weighted by atomic mass is 10.0. The molecule has 0 bridgehead atoms. The number of hydrogen-bond donors (Lipinski definition) is 4. The van der Waals surface area contributed by atoms with Gasteiger partial charge in [-0.25, -0.2) is 0 Å². The highest BCUT2D eigenvalue weighted by Gasteiger charge is 2.24. The fourth-order valence-corrected chi connectivity index (χ4v) is 4.53. The highest BCUT2D eigenvalue weighted by molar-refractivity contribution is 5.88. The number of hydrazone groups is 1. The van der Waals surface area contributed by atoms with E-state index in [0.29, 0.717) is 12.2 Å². The van der Waals surface area contributed by atoms with Crippen LogP contribution in [0.3, 0.4) is 0 Å². The highest BCUT2D eigenvalue weighted by Crippen LogP contribution is 2.14. The SMILES string of the molecule is NN=Cc1ccc(CNC(C(=O)NCC(=O)NC2CCN(Cc3ccccc3)CC2)c2ccccn2)cc1. The standard InChI is InChI=1S/C29H35N7O2/c30-34-19-23-11-9-22(10-12-23)18-32-28(26-8-4-5-15-31-26)29(38)33-20-27(37)35-25-13-16-36(17-14-25)21-24-6-2-1-3-7-24/h1-12,15,19,25,28,32H,13-14,16-18,20-21,30H2,(H,33,38)(H,35,37). The zero-order valence-electron chi connectivity index (χ0n) is 21.4. The minimum atomic E-state index is -0.699. The molecule has 1 aliphatic heterocycles. The Labute approximate surface area is 223 Å². The molecule has 0 radical (unpaired) electrons. The number of nitrogens with one attached hydrogen (secondary N) is 3. The smallest absolute Gasteiger partial charge is 0.243 e. The average molecular weight is 514 g/mol. The van der Waals surface area contributed by atoms with Gasteiger partial charge in [-0.1, -0.05) is 60.7 Å². The number of aromatic nitrogens is 1. The molecule has 9 nitrogen and oxygen atoms in total. The second-order valence-corrected chi connectivity index (χ2v) is 9.41. The first-order valence-electron chi connectivity index (χ1n) is 12.9. The molecule has 2 heterocycles. The number of nitrogens with zero attached hydrogens (tertiary/aromatic N) is 3. The van der Waals surface area contributed by atoms with Gasteiger partial charge in [0.2, 0.25) is 11.8 Å². The maximum atomic E-state index is 13.1. The Kier molecular flexibility index (Phi) is 9.95. The van der Waals surface area contributed by atoms with Crippen molar-refractivity contribution in [1.82, 2.24) is 25.8 Å². The number of carbonyl (C=O) groups excluding carboxylic acids is 2. The molecule has 1 aromatic heterocycles. The lowest BCUT2D eigenvalue weighted by Crippen LogP contribution is -2.48. The van der Waals surface area contributed by atoms with E-state index < -0.39 is 6.04 Å². The summed E-state index contributed by atoms with van der Waals surface area (Å²) in [6.45, 7) is 3.14. The molecule has 3 aromatic rings. The largest absolute Gasteiger partial charge is 0.352 e. The number of benzene rings is 2. The van der Waals surface area contributed by atoms with E-state index in [2.05, 4.69) is 55.2 Å². The molecule has 1 aliphatic rings. The van der Waals surface area contributed by atoms with Gasteiger partial charge in [0.25, 0.3) is 0 Å². The Bertz CT molecular complexity index is 1180. The summed E-state index contributed by atoms with van der Waals surface area (Å²) >= 11 is 0. The topological polar surface area (TPSA) is 125 Å². The Balaban J connectivity index is 1.24. The third-order valence-electron chi connectivity index (χ3n) is 6.58. The van der Waals surface area contributed by atoms with Gasteiger partial charge in [-0.15, -0.1) is 0 Å². The Morgan fingerprint density at radius 2 is 1.74 bits per heavy atom. The van der Waals surface area contributed by atoms with Crippen molar-refractivity contribution < 1.29 is 9.59 Å². The molecule has 2 aromatic carbocycles. The summed E-state index contributed by atoms with van der Waals surface area (Å²) < 4.78 is 0. The van der Waals surface area contributed by atoms with Crippen molar-refractivity contribution >= 4 is 18.0 Å². The van der Waals surface area contributed by atoms with Crippen LogP contribution in [0.5, 0.6) is 0 Å². The average Bonchev–Trinajstić information content (AvgIpc) is 2.95. The molecule has 2 amide bonds. The molecular weight excluding hydrogens is 478 g/mol. The molecule has 5 N–H and O–H groups in total. The summed E-state index contributed by atoms with van der Waals surface area (Å²) in [5, 5.41) is 12.6. The van der Waals surface area contributed by atoms with Crippen LogP contribution in [-0.4, -0.2) is 53.6 Å². The molecule has 9 heteroatoms. The summed E-state index contributed by atoms with van der Waals surface area (Å²) in [5.74, 6) is 4.72. The van der Waals surface area contributed by atoms with Crippen LogP contribution in [0.1, 0.15) is 41.3 Å². The van der Waals surface area contributed by atoms with Crippen LogP contribution < -0.4 is 21.8 Å². The van der Waals surface area contributed by atoms with E-state index in [9.17, 15) is 9.59 Å². The van der Waals surface area contributed by atoms with E-state index in [4.69, 9.17) is 5.84 Å². The van der Waals surface area contributed by atoms with Crippen LogP contribution in [0.15, 0.2) is 84.1 Å². The van der Waals surface area contributed by atoms with E-state index in [1.807, 2.05) is 36.4 Å². The Morgan fingerprint density at radius 1 is 1.00 bits per heavy atom. The predicted molar refractivity (Wildman–Crippen MR) is 148 cm³/mol. The van der Waals surface area contributed by atoms with Gasteiger partial charge in [-0.3, -0.25) is 24.8 Å². The van der Waals surface area contributed by atoms with Crippen molar-refractivity contribution in [2.24, 2.45) is 10.9 Å². The molecule has 1 unspecified atom stereocenters. The molecule has 1 atom stereocenters. The Hall–Kier alpha value is -4.08. The molecule has 1 saturated heterocycles. The van der Waals surface area contributed by atoms with Gasteiger partial charge in [0.15, 0.2) is 0 Å². The zero-order valence-corrected chi connectivity index (χ0v) is 21.4. The summed E-state index contributed by atoms with van der Waals surface area (Å²) in [5.41, 5.74) is 3.77. The van der Waals surface area contributed by atoms with Crippen molar-refractivity contribution in [3.63, 3.8) is 0 Å². The molecule has 1 fully saturated rings. The number of piperidine rings is 1. The van der Waals surface area contributed by atoms with Gasteiger partial charge >= 0.3 is 0 Å². The molecule has 0 aliphatic carbocycles. The Morgan fingerprint density at radius 3 is 2.42 bits per heavy atom. The van der Waals surface area contributed by atoms with Gasteiger partial charge < -0.3 is 16.5 Å². The van der Waals surface area contributed by atoms with Crippen LogP contribution in [0.2, 0.25) is 0 Å². The van der Waals surface area contributed by atoms with Crippen LogP contribution >= 0.6 is 0 Å². The number of carbonyl (C=O) groups is 2. The quantitative estimate of drug-likeness (QED) is 0.177. The van der Waals surface area contributed by atoms with E-state index >= 15 is 0 Å². The van der Waals surface area contributed by atoms with Gasteiger partial charge in [-0.05, 0) is 41.7 Å². The van der Waals surface area contributed by atoms with Crippen LogP contribution in [0.25, 0.3) is 0 Å². The van der Waals surface area contributed by atoms with Crippen LogP contribution in [0, 0.1) is 0 Å². The number of rotatable bonds is 11. The normalized spacial score (nSPS) is 15.3. The monoisotopic (exact) mass is 513 g/mol. The fourth-order valence-electron chi connectivity index (χ4n) is 4.53. The minimum Gasteiger partial charge on any atom is -0.352 e. The second-order valence-electron chi connectivity index (χ2n) is 9.41. The van der Waals surface area contributed by atoms with E-state index in [1.165, 1.54) is 5.56 Å². The molecular formula is C29H35N7O2. The van der Waals surface area contributed by atoms with E-state index in [0.717, 1.165) is 43.6 Å².